The van der Waals surface area contributed by atoms with Crippen LogP contribution in [0.2, 0.25) is 10.0 Å². The molecule has 0 aliphatic carbocycles. The second-order valence-electron chi connectivity index (χ2n) is 6.79. The lowest BCUT2D eigenvalue weighted by Crippen LogP contribution is -2.15. The van der Waals surface area contributed by atoms with E-state index in [0.29, 0.717) is 32.4 Å². The van der Waals surface area contributed by atoms with Crippen LogP contribution >= 0.6 is 23.2 Å². The highest BCUT2D eigenvalue weighted by molar-refractivity contribution is 6.39. The Hall–Kier alpha value is -2.63. The lowest BCUT2D eigenvalue weighted by molar-refractivity contribution is 0.0908. The van der Waals surface area contributed by atoms with Crippen molar-refractivity contribution in [2.75, 3.05) is 6.61 Å². The number of halogens is 2. The van der Waals surface area contributed by atoms with E-state index in [2.05, 4.69) is 5.10 Å². The topological polar surface area (TPSA) is 61.2 Å². The van der Waals surface area contributed by atoms with E-state index in [1.165, 1.54) is 4.68 Å². The molecule has 0 atom stereocenters. The molecule has 0 saturated carbocycles. The van der Waals surface area contributed by atoms with E-state index < -0.39 is 0 Å². The highest BCUT2D eigenvalue weighted by atomic mass is 35.5. The van der Waals surface area contributed by atoms with Crippen molar-refractivity contribution >= 4 is 34.8 Å². The van der Waals surface area contributed by atoms with Crippen LogP contribution in [-0.2, 0) is 7.05 Å². The maximum Gasteiger partial charge on any atom is 0.223 e. The summed E-state index contributed by atoms with van der Waals surface area (Å²) >= 11 is 12.6. The molecule has 1 heterocycles. The smallest absolute Gasteiger partial charge is 0.223 e. The lowest BCUT2D eigenvalue weighted by atomic mass is 9.99. The van der Waals surface area contributed by atoms with Gasteiger partial charge in [0.05, 0.1) is 10.7 Å². The van der Waals surface area contributed by atoms with Crippen LogP contribution in [0.3, 0.4) is 0 Å². The summed E-state index contributed by atoms with van der Waals surface area (Å²) in [5.41, 5.74) is 3.00. The fraction of sp³-hybridized carbons (Fsp3) is 0.227. The molecule has 0 fully saturated rings. The van der Waals surface area contributed by atoms with Crippen molar-refractivity contribution in [3.8, 4) is 5.88 Å². The first kappa shape index (κ1) is 21.1. The number of hydrogen-bond donors (Lipinski definition) is 0. The first-order chi connectivity index (χ1) is 13.7. The maximum atomic E-state index is 13.3. The summed E-state index contributed by atoms with van der Waals surface area (Å²) in [5.74, 6) is -0.303. The number of ketones is 2. The van der Waals surface area contributed by atoms with E-state index in [4.69, 9.17) is 27.9 Å². The Bertz CT molecular complexity index is 1110. The first-order valence-corrected chi connectivity index (χ1v) is 9.72. The minimum atomic E-state index is -0.328. The number of carbonyl (C=O) groups excluding carboxylic acids is 2. The van der Waals surface area contributed by atoms with Gasteiger partial charge in [-0.2, -0.15) is 5.10 Å². The molecule has 0 radical (unpaired) electrons. The van der Waals surface area contributed by atoms with Gasteiger partial charge in [-0.15, -0.1) is 0 Å². The summed E-state index contributed by atoms with van der Waals surface area (Å²) < 4.78 is 7.18. The van der Waals surface area contributed by atoms with Gasteiger partial charge in [0.1, 0.15) is 5.56 Å². The molecule has 0 spiro atoms. The van der Waals surface area contributed by atoms with Gasteiger partial charge in [0.15, 0.2) is 12.4 Å². The summed E-state index contributed by atoms with van der Waals surface area (Å²) in [5, 5.41) is 5.11. The van der Waals surface area contributed by atoms with E-state index in [1.807, 2.05) is 13.0 Å². The zero-order valence-corrected chi connectivity index (χ0v) is 18.1. The fourth-order valence-corrected chi connectivity index (χ4v) is 3.57. The standard InChI is InChI=1S/C22H20Cl2N2O3/c1-12-10-16(20(24)13(2)19(12)23)21(28)18-14(3)25-26(4)22(18)29-11-17(27)15-8-6-5-7-9-15/h5-10H,11H2,1-4H3. The summed E-state index contributed by atoms with van der Waals surface area (Å²) in [7, 11) is 1.66. The van der Waals surface area contributed by atoms with Crippen LogP contribution in [0.15, 0.2) is 36.4 Å². The average Bonchev–Trinajstić information content (AvgIpc) is 3.00. The number of rotatable bonds is 6. The summed E-state index contributed by atoms with van der Waals surface area (Å²) in [6.45, 7) is 5.08. The molecule has 150 valence electrons. The minimum absolute atomic E-state index is 0.195. The molecule has 29 heavy (non-hydrogen) atoms. The third-order valence-corrected chi connectivity index (χ3v) is 5.75. The van der Waals surface area contributed by atoms with Gasteiger partial charge in [-0.25, -0.2) is 4.68 Å². The predicted octanol–water partition coefficient (Wildman–Crippen LogP) is 5.14. The van der Waals surface area contributed by atoms with E-state index in [1.54, 1.807) is 51.2 Å². The Morgan fingerprint density at radius 3 is 2.38 bits per heavy atom. The van der Waals surface area contributed by atoms with Crippen LogP contribution in [0, 0.1) is 20.8 Å². The molecule has 0 aliphatic heterocycles. The van der Waals surface area contributed by atoms with Crippen molar-refractivity contribution in [1.29, 1.82) is 0 Å². The van der Waals surface area contributed by atoms with Crippen molar-refractivity contribution in [2.24, 2.45) is 7.05 Å². The fourth-order valence-electron chi connectivity index (χ4n) is 3.14. The van der Waals surface area contributed by atoms with E-state index >= 15 is 0 Å². The van der Waals surface area contributed by atoms with Crippen molar-refractivity contribution < 1.29 is 14.3 Å². The molecule has 3 rings (SSSR count). The van der Waals surface area contributed by atoms with Gasteiger partial charge in [-0.1, -0.05) is 53.5 Å². The number of benzene rings is 2. The molecule has 5 nitrogen and oxygen atoms in total. The van der Waals surface area contributed by atoms with E-state index in [9.17, 15) is 9.59 Å². The van der Waals surface area contributed by atoms with Gasteiger partial charge in [0.25, 0.3) is 0 Å². The molecule has 0 bridgehead atoms. The molecule has 0 aliphatic rings. The van der Waals surface area contributed by atoms with Crippen molar-refractivity contribution in [1.82, 2.24) is 9.78 Å². The van der Waals surface area contributed by atoms with Crippen molar-refractivity contribution in [2.45, 2.75) is 20.8 Å². The number of hydrogen-bond acceptors (Lipinski definition) is 4. The number of nitrogens with zero attached hydrogens (tertiary/aromatic N) is 2. The van der Waals surface area contributed by atoms with Gasteiger partial charge in [0.2, 0.25) is 11.7 Å². The number of ether oxygens (including phenoxy) is 1. The zero-order valence-electron chi connectivity index (χ0n) is 16.5. The molecule has 0 amide bonds. The van der Waals surface area contributed by atoms with Crippen molar-refractivity contribution in [3.05, 3.63) is 80.0 Å². The molecule has 0 unspecified atom stereocenters. The first-order valence-electron chi connectivity index (χ1n) is 8.97. The van der Waals surface area contributed by atoms with Crippen molar-refractivity contribution in [3.63, 3.8) is 0 Å². The number of aromatic nitrogens is 2. The van der Waals surface area contributed by atoms with Gasteiger partial charge >= 0.3 is 0 Å². The molecule has 1 aromatic heterocycles. The summed E-state index contributed by atoms with van der Waals surface area (Å²) in [6, 6.07) is 10.5. The second-order valence-corrected chi connectivity index (χ2v) is 7.55. The Balaban J connectivity index is 1.95. The van der Waals surface area contributed by atoms with Crippen LogP contribution in [0.1, 0.15) is 43.1 Å². The summed E-state index contributed by atoms with van der Waals surface area (Å²) in [6.07, 6.45) is 0. The average molecular weight is 431 g/mol. The van der Waals surface area contributed by atoms with Crippen LogP contribution < -0.4 is 4.74 Å². The number of carbonyl (C=O) groups is 2. The molecule has 0 N–H and O–H groups in total. The summed E-state index contributed by atoms with van der Waals surface area (Å²) in [4.78, 5) is 25.7. The van der Waals surface area contributed by atoms with Gasteiger partial charge in [-0.3, -0.25) is 9.59 Å². The normalized spacial score (nSPS) is 10.8. The van der Waals surface area contributed by atoms with Gasteiger partial charge in [0, 0.05) is 23.2 Å². The van der Waals surface area contributed by atoms with Crippen LogP contribution in [-0.4, -0.2) is 28.0 Å². The molecular weight excluding hydrogens is 411 g/mol. The highest BCUT2D eigenvalue weighted by Crippen LogP contribution is 2.34. The highest BCUT2D eigenvalue weighted by Gasteiger charge is 2.26. The lowest BCUT2D eigenvalue weighted by Gasteiger charge is -2.12. The molecule has 0 saturated heterocycles. The van der Waals surface area contributed by atoms with E-state index in [0.717, 1.165) is 5.56 Å². The SMILES string of the molecule is Cc1cc(C(=O)c2c(C)nn(C)c2OCC(=O)c2ccccc2)c(Cl)c(C)c1Cl. The quantitative estimate of drug-likeness (QED) is 0.507. The second kappa shape index (κ2) is 8.39. The molecular formula is C22H20Cl2N2O3. The monoisotopic (exact) mass is 430 g/mol. The van der Waals surface area contributed by atoms with E-state index in [-0.39, 0.29) is 29.6 Å². The van der Waals surface area contributed by atoms with Crippen LogP contribution in [0.25, 0.3) is 0 Å². The van der Waals surface area contributed by atoms with Crippen LogP contribution in [0.5, 0.6) is 5.88 Å². The third kappa shape index (κ3) is 4.07. The molecule has 7 heteroatoms. The Morgan fingerprint density at radius 2 is 1.72 bits per heavy atom. The number of aryl methyl sites for hydroxylation is 3. The Kier molecular flexibility index (Phi) is 6.10. The zero-order chi connectivity index (χ0) is 21.3. The largest absolute Gasteiger partial charge is 0.469 e. The Morgan fingerprint density at radius 1 is 1.07 bits per heavy atom. The maximum absolute atomic E-state index is 13.3. The van der Waals surface area contributed by atoms with Gasteiger partial charge < -0.3 is 4.74 Å². The molecule has 2 aromatic carbocycles. The number of Topliss-reactive ketones (excluding diaryl/α,β-unsaturated/α-hetero) is 1. The Labute approximate surface area is 179 Å². The third-order valence-electron chi connectivity index (χ3n) is 4.68. The molecule has 3 aromatic rings. The minimum Gasteiger partial charge on any atom is -0.469 e. The van der Waals surface area contributed by atoms with Crippen LogP contribution in [0.4, 0.5) is 0 Å². The predicted molar refractivity (Wildman–Crippen MR) is 114 cm³/mol. The van der Waals surface area contributed by atoms with Gasteiger partial charge in [-0.05, 0) is 38.0 Å².